The van der Waals surface area contributed by atoms with Crippen LogP contribution < -0.4 is 16.2 Å². The van der Waals surface area contributed by atoms with Crippen molar-refractivity contribution < 1.29 is 0 Å². The van der Waals surface area contributed by atoms with Gasteiger partial charge in [-0.3, -0.25) is 10.9 Å². The highest BCUT2D eigenvalue weighted by molar-refractivity contribution is 7.80. The van der Waals surface area contributed by atoms with Crippen molar-refractivity contribution in [2.45, 2.75) is 13.8 Å². The van der Waals surface area contributed by atoms with Crippen molar-refractivity contribution in [3.05, 3.63) is 95.6 Å². The number of benzene rings is 3. The minimum atomic E-state index is 0.464. The maximum Gasteiger partial charge on any atom is 0.189 e. The van der Waals surface area contributed by atoms with Crippen LogP contribution in [-0.4, -0.2) is 10.9 Å². The minimum absolute atomic E-state index is 0.464. The molecular formula is C22H22N4S. The molecule has 27 heavy (non-hydrogen) atoms. The highest BCUT2D eigenvalue weighted by Gasteiger charge is 2.05. The second kappa shape index (κ2) is 8.96. The van der Waals surface area contributed by atoms with Gasteiger partial charge < -0.3 is 5.32 Å². The zero-order valence-electron chi connectivity index (χ0n) is 15.4. The van der Waals surface area contributed by atoms with E-state index in [1.165, 1.54) is 11.1 Å². The van der Waals surface area contributed by atoms with Gasteiger partial charge in [-0.25, -0.2) is 4.99 Å². The summed E-state index contributed by atoms with van der Waals surface area (Å²) >= 11 is 5.38. The van der Waals surface area contributed by atoms with Crippen molar-refractivity contribution >= 4 is 34.5 Å². The van der Waals surface area contributed by atoms with Crippen molar-refractivity contribution in [1.29, 1.82) is 0 Å². The summed E-state index contributed by atoms with van der Waals surface area (Å²) in [5.74, 6) is 0.688. The van der Waals surface area contributed by atoms with Gasteiger partial charge in [0.1, 0.15) is 0 Å². The van der Waals surface area contributed by atoms with E-state index in [4.69, 9.17) is 17.2 Å². The van der Waals surface area contributed by atoms with E-state index in [9.17, 15) is 0 Å². The highest BCUT2D eigenvalue weighted by atomic mass is 32.1. The van der Waals surface area contributed by atoms with E-state index < -0.39 is 0 Å². The molecule has 3 aromatic carbocycles. The molecule has 0 aliphatic rings. The maximum atomic E-state index is 5.38. The van der Waals surface area contributed by atoms with E-state index in [1.54, 1.807) is 0 Å². The number of thiocarbonyl (C=S) groups is 1. The molecular weight excluding hydrogens is 352 g/mol. The number of hydrogen-bond acceptors (Lipinski definition) is 2. The highest BCUT2D eigenvalue weighted by Crippen LogP contribution is 2.14. The molecule has 0 aromatic heterocycles. The average molecular weight is 375 g/mol. The Bertz CT molecular complexity index is 917. The second-order valence-corrected chi connectivity index (χ2v) is 6.64. The lowest BCUT2D eigenvalue weighted by Crippen LogP contribution is -2.44. The van der Waals surface area contributed by atoms with E-state index >= 15 is 0 Å². The normalized spacial score (nSPS) is 11.0. The molecule has 0 radical (unpaired) electrons. The average Bonchev–Trinajstić information content (AvgIpc) is 2.69. The van der Waals surface area contributed by atoms with Crippen LogP contribution in [0.1, 0.15) is 16.7 Å². The smallest absolute Gasteiger partial charge is 0.189 e. The summed E-state index contributed by atoms with van der Waals surface area (Å²) in [5, 5.41) is 3.61. The summed E-state index contributed by atoms with van der Waals surface area (Å²) in [7, 11) is 0. The summed E-state index contributed by atoms with van der Waals surface area (Å²) in [6.07, 6.45) is 0. The van der Waals surface area contributed by atoms with Gasteiger partial charge in [-0.2, -0.15) is 0 Å². The van der Waals surface area contributed by atoms with Crippen LogP contribution in [0, 0.1) is 13.8 Å². The van der Waals surface area contributed by atoms with E-state index in [-0.39, 0.29) is 0 Å². The van der Waals surface area contributed by atoms with Crippen LogP contribution in [0.3, 0.4) is 0 Å². The number of amidine groups is 1. The molecule has 0 saturated carbocycles. The zero-order chi connectivity index (χ0) is 19.1. The van der Waals surface area contributed by atoms with E-state index in [0.29, 0.717) is 10.9 Å². The Morgan fingerprint density at radius 2 is 1.33 bits per heavy atom. The molecule has 0 amide bonds. The van der Waals surface area contributed by atoms with Gasteiger partial charge in [0.15, 0.2) is 10.9 Å². The number of aryl methyl sites for hydroxylation is 2. The first kappa shape index (κ1) is 18.6. The fourth-order valence-electron chi connectivity index (χ4n) is 2.42. The third-order valence-corrected chi connectivity index (χ3v) is 4.13. The van der Waals surface area contributed by atoms with E-state index in [2.05, 4.69) is 30.0 Å². The fraction of sp³-hybridized carbons (Fsp3) is 0.0909. The van der Waals surface area contributed by atoms with Crippen LogP contribution in [0.5, 0.6) is 0 Å². The Kier molecular flexibility index (Phi) is 6.18. The Balaban J connectivity index is 1.72. The van der Waals surface area contributed by atoms with E-state index in [0.717, 1.165) is 16.9 Å². The molecule has 0 aliphatic carbocycles. The number of anilines is 1. The second-order valence-electron chi connectivity index (χ2n) is 6.23. The molecule has 4 nitrogen and oxygen atoms in total. The van der Waals surface area contributed by atoms with Gasteiger partial charge in [-0.1, -0.05) is 65.7 Å². The number of hydrogen-bond donors (Lipinski definition) is 3. The Morgan fingerprint density at radius 1 is 0.741 bits per heavy atom. The van der Waals surface area contributed by atoms with Crippen molar-refractivity contribution in [3.63, 3.8) is 0 Å². The maximum absolute atomic E-state index is 5.38. The lowest BCUT2D eigenvalue weighted by Gasteiger charge is -2.15. The lowest BCUT2D eigenvalue weighted by atomic mass is 10.2. The molecule has 0 heterocycles. The quantitative estimate of drug-likeness (QED) is 0.265. The molecule has 5 heteroatoms. The van der Waals surface area contributed by atoms with Crippen molar-refractivity contribution in [1.82, 2.24) is 10.9 Å². The largest absolute Gasteiger partial charge is 0.331 e. The van der Waals surface area contributed by atoms with Gasteiger partial charge in [0, 0.05) is 11.3 Å². The third kappa shape index (κ3) is 5.66. The third-order valence-electron chi connectivity index (χ3n) is 3.93. The number of nitrogens with zero attached hydrogens (tertiary/aromatic N) is 1. The molecule has 3 aromatic rings. The summed E-state index contributed by atoms with van der Waals surface area (Å²) in [6.45, 7) is 4.11. The van der Waals surface area contributed by atoms with Gasteiger partial charge in [0.2, 0.25) is 0 Å². The molecule has 3 N–H and O–H groups in total. The van der Waals surface area contributed by atoms with Gasteiger partial charge in [-0.15, -0.1) is 0 Å². The molecule has 3 rings (SSSR count). The monoisotopic (exact) mass is 374 g/mol. The molecule has 0 spiro atoms. The molecule has 0 saturated heterocycles. The van der Waals surface area contributed by atoms with Crippen LogP contribution in [0.4, 0.5) is 11.4 Å². The zero-order valence-corrected chi connectivity index (χ0v) is 16.2. The van der Waals surface area contributed by atoms with Crippen LogP contribution in [-0.2, 0) is 0 Å². The molecule has 0 atom stereocenters. The van der Waals surface area contributed by atoms with Gasteiger partial charge in [-0.05, 0) is 50.3 Å². The Labute approximate surface area is 165 Å². The standard InChI is InChI=1S/C22H22N4S/c1-16-8-12-19(13-9-16)23-21(18-6-4-3-5-7-18)25-26-22(27)24-20-14-10-17(2)11-15-20/h3-15H,1-2H3,(H,23,25)(H2,24,26,27). The Hall–Kier alpha value is -3.18. The van der Waals surface area contributed by atoms with Gasteiger partial charge >= 0.3 is 0 Å². The fourth-order valence-corrected chi connectivity index (χ4v) is 2.59. The predicted octanol–water partition coefficient (Wildman–Crippen LogP) is 4.87. The van der Waals surface area contributed by atoms with Crippen LogP contribution in [0.25, 0.3) is 0 Å². The Morgan fingerprint density at radius 3 is 1.96 bits per heavy atom. The first-order valence-corrected chi connectivity index (χ1v) is 9.11. The number of nitrogens with one attached hydrogen (secondary N) is 3. The van der Waals surface area contributed by atoms with Gasteiger partial charge in [0.05, 0.1) is 5.69 Å². The van der Waals surface area contributed by atoms with Crippen LogP contribution in [0.15, 0.2) is 83.9 Å². The minimum Gasteiger partial charge on any atom is -0.331 e. The topological polar surface area (TPSA) is 48.5 Å². The first-order chi connectivity index (χ1) is 13.1. The lowest BCUT2D eigenvalue weighted by molar-refractivity contribution is 0.874. The summed E-state index contributed by atoms with van der Waals surface area (Å²) < 4.78 is 0. The van der Waals surface area contributed by atoms with Crippen LogP contribution >= 0.6 is 12.2 Å². The molecule has 0 fully saturated rings. The van der Waals surface area contributed by atoms with Crippen molar-refractivity contribution in [3.8, 4) is 0 Å². The molecule has 0 unspecified atom stereocenters. The summed E-state index contributed by atoms with van der Waals surface area (Å²) in [4.78, 5) is 4.72. The number of rotatable bonds is 3. The molecule has 136 valence electrons. The molecule has 0 aliphatic heterocycles. The van der Waals surface area contributed by atoms with E-state index in [1.807, 2.05) is 78.9 Å². The number of hydrazine groups is 1. The summed E-state index contributed by atoms with van der Waals surface area (Å²) in [5.41, 5.74) is 11.3. The summed E-state index contributed by atoms with van der Waals surface area (Å²) in [6, 6.07) is 26.0. The predicted molar refractivity (Wildman–Crippen MR) is 117 cm³/mol. The first-order valence-electron chi connectivity index (χ1n) is 8.70. The molecule has 0 bridgehead atoms. The SMILES string of the molecule is Cc1ccc(N=C(NNC(=S)Nc2ccc(C)cc2)c2ccccc2)cc1. The van der Waals surface area contributed by atoms with Crippen LogP contribution in [0.2, 0.25) is 0 Å². The number of aliphatic imine (C=N–C) groups is 1. The van der Waals surface area contributed by atoms with Gasteiger partial charge in [0.25, 0.3) is 0 Å². The van der Waals surface area contributed by atoms with Crippen molar-refractivity contribution in [2.75, 3.05) is 5.32 Å². The van der Waals surface area contributed by atoms with Crippen molar-refractivity contribution in [2.24, 2.45) is 4.99 Å².